The maximum Gasteiger partial charge on any atom is 0.234 e. The van der Waals surface area contributed by atoms with Crippen LogP contribution in [0.4, 0.5) is 4.39 Å². The van der Waals surface area contributed by atoms with Gasteiger partial charge in [-0.3, -0.25) is 4.98 Å². The molecular formula is C12H7ClFN3O. The summed E-state index contributed by atoms with van der Waals surface area (Å²) < 4.78 is 18.8. The monoisotopic (exact) mass is 263 g/mol. The van der Waals surface area contributed by atoms with Crippen LogP contribution in [0.25, 0.3) is 0 Å². The highest BCUT2D eigenvalue weighted by molar-refractivity contribution is 6.29. The number of hydrogen-bond acceptors (Lipinski definition) is 4. The molecule has 1 heterocycles. The van der Waals surface area contributed by atoms with Gasteiger partial charge in [-0.15, -0.1) is 0 Å². The molecule has 0 amide bonds. The molecule has 0 aliphatic heterocycles. The van der Waals surface area contributed by atoms with Gasteiger partial charge in [0.25, 0.3) is 0 Å². The van der Waals surface area contributed by atoms with Crippen molar-refractivity contribution in [1.29, 1.82) is 5.26 Å². The lowest BCUT2D eigenvalue weighted by Gasteiger charge is -2.06. The molecule has 0 radical (unpaired) electrons. The van der Waals surface area contributed by atoms with Gasteiger partial charge in [0.2, 0.25) is 5.88 Å². The van der Waals surface area contributed by atoms with Crippen molar-refractivity contribution in [2.45, 2.75) is 6.61 Å². The lowest BCUT2D eigenvalue weighted by atomic mass is 10.1. The molecule has 2 rings (SSSR count). The Morgan fingerprint density at radius 1 is 1.39 bits per heavy atom. The van der Waals surface area contributed by atoms with Gasteiger partial charge in [0.1, 0.15) is 12.4 Å². The number of rotatable bonds is 3. The van der Waals surface area contributed by atoms with E-state index in [1.54, 1.807) is 0 Å². The molecule has 90 valence electrons. The second-order valence-corrected chi connectivity index (χ2v) is 3.77. The van der Waals surface area contributed by atoms with Crippen LogP contribution in [0.15, 0.2) is 30.6 Å². The summed E-state index contributed by atoms with van der Waals surface area (Å²) in [6, 6.07) is 6.02. The number of hydrogen-bond donors (Lipinski definition) is 0. The van der Waals surface area contributed by atoms with Gasteiger partial charge in [-0.1, -0.05) is 17.7 Å². The Bertz CT molecular complexity index is 613. The van der Waals surface area contributed by atoms with Crippen LogP contribution in [-0.4, -0.2) is 9.97 Å². The largest absolute Gasteiger partial charge is 0.472 e. The smallest absolute Gasteiger partial charge is 0.234 e. The van der Waals surface area contributed by atoms with Crippen molar-refractivity contribution in [2.24, 2.45) is 0 Å². The predicted octanol–water partition coefficient (Wildman–Crippen LogP) is 2.72. The Labute approximate surface area is 108 Å². The molecule has 0 saturated carbocycles. The molecular weight excluding hydrogens is 257 g/mol. The molecule has 18 heavy (non-hydrogen) atoms. The third kappa shape index (κ3) is 2.93. The van der Waals surface area contributed by atoms with Crippen molar-refractivity contribution in [1.82, 2.24) is 9.97 Å². The van der Waals surface area contributed by atoms with E-state index in [2.05, 4.69) is 9.97 Å². The number of ether oxygens (including phenoxy) is 1. The number of benzene rings is 1. The first kappa shape index (κ1) is 12.3. The minimum atomic E-state index is -0.496. The van der Waals surface area contributed by atoms with Crippen LogP contribution in [0, 0.1) is 17.1 Å². The van der Waals surface area contributed by atoms with Gasteiger partial charge in [0, 0.05) is 5.56 Å². The van der Waals surface area contributed by atoms with Crippen LogP contribution in [0.5, 0.6) is 5.88 Å². The van der Waals surface area contributed by atoms with E-state index in [4.69, 9.17) is 21.6 Å². The molecule has 2 aromatic rings. The van der Waals surface area contributed by atoms with Gasteiger partial charge >= 0.3 is 0 Å². The van der Waals surface area contributed by atoms with Crippen molar-refractivity contribution < 1.29 is 9.13 Å². The fourth-order valence-corrected chi connectivity index (χ4v) is 1.42. The highest BCUT2D eigenvalue weighted by atomic mass is 35.5. The van der Waals surface area contributed by atoms with E-state index in [1.165, 1.54) is 24.5 Å². The van der Waals surface area contributed by atoms with Crippen LogP contribution < -0.4 is 4.74 Å². The third-order valence-corrected chi connectivity index (χ3v) is 2.32. The average Bonchev–Trinajstić information content (AvgIpc) is 2.37. The van der Waals surface area contributed by atoms with Crippen molar-refractivity contribution in [3.63, 3.8) is 0 Å². The van der Waals surface area contributed by atoms with Crippen LogP contribution in [-0.2, 0) is 6.61 Å². The summed E-state index contributed by atoms with van der Waals surface area (Å²) >= 11 is 5.63. The summed E-state index contributed by atoms with van der Waals surface area (Å²) in [5, 5.41) is 8.81. The zero-order valence-corrected chi connectivity index (χ0v) is 9.86. The topological polar surface area (TPSA) is 58.8 Å². The highest BCUT2D eigenvalue weighted by Crippen LogP contribution is 2.14. The predicted molar refractivity (Wildman–Crippen MR) is 62.5 cm³/mol. The molecule has 4 nitrogen and oxygen atoms in total. The molecule has 0 N–H and O–H groups in total. The number of aromatic nitrogens is 2. The summed E-state index contributed by atoms with van der Waals surface area (Å²) in [6.45, 7) is -0.00738. The van der Waals surface area contributed by atoms with Gasteiger partial charge < -0.3 is 4.74 Å². The Hall–Kier alpha value is -2.19. The van der Waals surface area contributed by atoms with Crippen LogP contribution >= 0.6 is 11.6 Å². The maximum atomic E-state index is 13.5. The number of nitrogens with zero attached hydrogens (tertiary/aromatic N) is 3. The zero-order chi connectivity index (χ0) is 13.0. The molecule has 1 aromatic carbocycles. The first-order valence-corrected chi connectivity index (χ1v) is 5.35. The van der Waals surface area contributed by atoms with Crippen molar-refractivity contribution in [3.8, 4) is 11.9 Å². The normalized spacial score (nSPS) is 9.83. The SMILES string of the molecule is N#Cc1ccc(COc2cncc(Cl)n2)c(F)c1. The number of nitriles is 1. The lowest BCUT2D eigenvalue weighted by Crippen LogP contribution is -2.00. The first-order valence-electron chi connectivity index (χ1n) is 4.98. The molecule has 0 fully saturated rings. The summed E-state index contributed by atoms with van der Waals surface area (Å²) in [7, 11) is 0. The quantitative estimate of drug-likeness (QED) is 0.854. The summed E-state index contributed by atoms with van der Waals surface area (Å²) in [4.78, 5) is 7.65. The Kier molecular flexibility index (Phi) is 3.70. The minimum Gasteiger partial charge on any atom is -0.472 e. The molecule has 0 saturated heterocycles. The maximum absolute atomic E-state index is 13.5. The van der Waals surface area contributed by atoms with E-state index in [0.29, 0.717) is 5.56 Å². The molecule has 0 aliphatic rings. The Balaban J connectivity index is 2.09. The Morgan fingerprint density at radius 3 is 2.89 bits per heavy atom. The van der Waals surface area contributed by atoms with Crippen molar-refractivity contribution >= 4 is 11.6 Å². The van der Waals surface area contributed by atoms with E-state index in [0.717, 1.165) is 6.07 Å². The fraction of sp³-hybridized carbons (Fsp3) is 0.0833. The number of halogens is 2. The van der Waals surface area contributed by atoms with E-state index >= 15 is 0 Å². The van der Waals surface area contributed by atoms with Crippen LogP contribution in [0.1, 0.15) is 11.1 Å². The fourth-order valence-electron chi connectivity index (χ4n) is 1.28. The molecule has 6 heteroatoms. The standard InChI is InChI=1S/C12H7ClFN3O/c13-11-5-16-6-12(17-11)18-7-9-2-1-8(4-15)3-10(9)14/h1-3,5-6H,7H2. The summed E-state index contributed by atoms with van der Waals surface area (Å²) in [5.41, 5.74) is 0.592. The van der Waals surface area contributed by atoms with Crippen LogP contribution in [0.3, 0.4) is 0 Å². The second kappa shape index (κ2) is 5.43. The molecule has 0 spiro atoms. The molecule has 0 bridgehead atoms. The summed E-state index contributed by atoms with van der Waals surface area (Å²) in [6.07, 6.45) is 2.75. The second-order valence-electron chi connectivity index (χ2n) is 3.39. The van der Waals surface area contributed by atoms with E-state index in [1.807, 2.05) is 6.07 Å². The van der Waals surface area contributed by atoms with Gasteiger partial charge in [0.05, 0.1) is 24.0 Å². The lowest BCUT2D eigenvalue weighted by molar-refractivity contribution is 0.286. The Morgan fingerprint density at radius 2 is 2.22 bits per heavy atom. The van der Waals surface area contributed by atoms with Gasteiger partial charge in [-0.25, -0.2) is 4.39 Å². The average molecular weight is 264 g/mol. The molecule has 0 unspecified atom stereocenters. The van der Waals surface area contributed by atoms with E-state index in [-0.39, 0.29) is 23.2 Å². The zero-order valence-electron chi connectivity index (χ0n) is 9.10. The van der Waals surface area contributed by atoms with Crippen molar-refractivity contribution in [3.05, 3.63) is 52.7 Å². The highest BCUT2D eigenvalue weighted by Gasteiger charge is 2.05. The van der Waals surface area contributed by atoms with Gasteiger partial charge in [-0.05, 0) is 12.1 Å². The van der Waals surface area contributed by atoms with Crippen LogP contribution in [0.2, 0.25) is 5.15 Å². The van der Waals surface area contributed by atoms with Crippen molar-refractivity contribution in [2.75, 3.05) is 0 Å². The molecule has 0 aliphatic carbocycles. The van der Waals surface area contributed by atoms with E-state index < -0.39 is 5.82 Å². The molecule has 1 aromatic heterocycles. The van der Waals surface area contributed by atoms with E-state index in [9.17, 15) is 4.39 Å². The first-order chi connectivity index (χ1) is 8.69. The minimum absolute atomic E-state index is 0.00738. The molecule has 0 atom stereocenters. The van der Waals surface area contributed by atoms with Gasteiger partial charge in [-0.2, -0.15) is 10.2 Å². The van der Waals surface area contributed by atoms with Gasteiger partial charge in [0.15, 0.2) is 5.15 Å². The third-order valence-electron chi connectivity index (χ3n) is 2.14. The summed E-state index contributed by atoms with van der Waals surface area (Å²) in [5.74, 6) is -0.282.